The van der Waals surface area contributed by atoms with Crippen LogP contribution in [0.1, 0.15) is 12.0 Å². The highest BCUT2D eigenvalue weighted by Crippen LogP contribution is 2.27. The second-order valence-electron chi connectivity index (χ2n) is 3.54. The van der Waals surface area contributed by atoms with Crippen LogP contribution >= 0.6 is 0 Å². The van der Waals surface area contributed by atoms with E-state index < -0.39 is 12.3 Å². The standard InChI is InChI=1S/C11H14F3NO/c1-8-2-4-9(5-3-8)16-10(6-7-15)11(12,13)14/h2-5,10H,6-7,15H2,1H3. The summed E-state index contributed by atoms with van der Waals surface area (Å²) in [5, 5.41) is 0. The first-order chi connectivity index (χ1) is 7.43. The first kappa shape index (κ1) is 12.8. The highest BCUT2D eigenvalue weighted by molar-refractivity contribution is 5.26. The van der Waals surface area contributed by atoms with Crippen LogP contribution in [-0.4, -0.2) is 18.8 Å². The lowest BCUT2D eigenvalue weighted by molar-refractivity contribution is -0.196. The number of alkyl halides is 3. The molecule has 1 unspecified atom stereocenters. The summed E-state index contributed by atoms with van der Waals surface area (Å²) in [6, 6.07) is 6.44. The first-order valence-corrected chi connectivity index (χ1v) is 4.93. The van der Waals surface area contributed by atoms with Crippen molar-refractivity contribution in [3.8, 4) is 5.75 Å². The monoisotopic (exact) mass is 233 g/mol. The van der Waals surface area contributed by atoms with Gasteiger partial charge in [0, 0.05) is 6.42 Å². The molecular formula is C11H14F3NO. The SMILES string of the molecule is Cc1ccc(OC(CCN)C(F)(F)F)cc1. The molecule has 5 heteroatoms. The molecule has 1 rings (SSSR count). The fourth-order valence-corrected chi connectivity index (χ4v) is 1.22. The molecule has 2 N–H and O–H groups in total. The maximum absolute atomic E-state index is 12.5. The molecule has 0 aliphatic rings. The van der Waals surface area contributed by atoms with Crippen molar-refractivity contribution in [2.75, 3.05) is 6.54 Å². The zero-order valence-corrected chi connectivity index (χ0v) is 8.92. The molecular weight excluding hydrogens is 219 g/mol. The number of ether oxygens (including phenoxy) is 1. The van der Waals surface area contributed by atoms with Gasteiger partial charge in [0.2, 0.25) is 0 Å². The van der Waals surface area contributed by atoms with Crippen molar-refractivity contribution < 1.29 is 17.9 Å². The van der Waals surface area contributed by atoms with E-state index in [1.807, 2.05) is 6.92 Å². The summed E-state index contributed by atoms with van der Waals surface area (Å²) < 4.78 is 42.3. The molecule has 0 saturated heterocycles. The lowest BCUT2D eigenvalue weighted by Gasteiger charge is -2.21. The number of halogens is 3. The van der Waals surface area contributed by atoms with Crippen molar-refractivity contribution in [3.63, 3.8) is 0 Å². The average molecular weight is 233 g/mol. The summed E-state index contributed by atoms with van der Waals surface area (Å²) in [7, 11) is 0. The number of rotatable bonds is 4. The number of hydrogen-bond acceptors (Lipinski definition) is 2. The summed E-state index contributed by atoms with van der Waals surface area (Å²) in [5.74, 6) is 0.210. The highest BCUT2D eigenvalue weighted by Gasteiger charge is 2.41. The van der Waals surface area contributed by atoms with Crippen molar-refractivity contribution in [1.82, 2.24) is 0 Å². The number of nitrogens with two attached hydrogens (primary N) is 1. The van der Waals surface area contributed by atoms with Crippen LogP contribution in [0.3, 0.4) is 0 Å². The van der Waals surface area contributed by atoms with Crippen LogP contribution in [0.25, 0.3) is 0 Å². The molecule has 0 radical (unpaired) electrons. The maximum Gasteiger partial charge on any atom is 0.425 e. The predicted molar refractivity (Wildman–Crippen MR) is 55.3 cm³/mol. The van der Waals surface area contributed by atoms with Crippen LogP contribution < -0.4 is 10.5 Å². The lowest BCUT2D eigenvalue weighted by atomic mass is 10.2. The Labute approximate surface area is 92.2 Å². The first-order valence-electron chi connectivity index (χ1n) is 4.93. The molecule has 0 spiro atoms. The number of hydrogen-bond donors (Lipinski definition) is 1. The van der Waals surface area contributed by atoms with Gasteiger partial charge in [0.05, 0.1) is 0 Å². The Kier molecular flexibility index (Phi) is 4.18. The fourth-order valence-electron chi connectivity index (χ4n) is 1.22. The predicted octanol–water partition coefficient (Wildman–Crippen LogP) is 2.65. The van der Waals surface area contributed by atoms with E-state index in [1.54, 1.807) is 12.1 Å². The van der Waals surface area contributed by atoms with Gasteiger partial charge < -0.3 is 10.5 Å². The smallest absolute Gasteiger partial charge is 0.425 e. The van der Waals surface area contributed by atoms with Crippen molar-refractivity contribution in [1.29, 1.82) is 0 Å². The Morgan fingerprint density at radius 3 is 2.25 bits per heavy atom. The molecule has 0 amide bonds. The zero-order chi connectivity index (χ0) is 12.2. The van der Waals surface area contributed by atoms with E-state index >= 15 is 0 Å². The summed E-state index contributed by atoms with van der Waals surface area (Å²) in [4.78, 5) is 0. The summed E-state index contributed by atoms with van der Waals surface area (Å²) in [5.41, 5.74) is 6.09. The van der Waals surface area contributed by atoms with Crippen LogP contribution in [-0.2, 0) is 0 Å². The zero-order valence-electron chi connectivity index (χ0n) is 8.92. The average Bonchev–Trinajstić information content (AvgIpc) is 2.19. The van der Waals surface area contributed by atoms with Gasteiger partial charge in [-0.1, -0.05) is 17.7 Å². The molecule has 0 fully saturated rings. The third kappa shape index (κ3) is 3.73. The molecule has 0 aromatic heterocycles. The van der Waals surface area contributed by atoms with E-state index in [2.05, 4.69) is 0 Å². The Morgan fingerprint density at radius 2 is 1.81 bits per heavy atom. The molecule has 2 nitrogen and oxygen atoms in total. The number of benzene rings is 1. The van der Waals surface area contributed by atoms with E-state index in [4.69, 9.17) is 10.5 Å². The summed E-state index contributed by atoms with van der Waals surface area (Å²) in [6.07, 6.45) is -6.46. The van der Waals surface area contributed by atoms with Gasteiger partial charge in [-0.3, -0.25) is 0 Å². The van der Waals surface area contributed by atoms with E-state index in [-0.39, 0.29) is 18.7 Å². The Morgan fingerprint density at radius 1 is 1.25 bits per heavy atom. The van der Waals surface area contributed by atoms with Crippen LogP contribution in [0, 0.1) is 6.92 Å². The van der Waals surface area contributed by atoms with Crippen molar-refractivity contribution in [2.45, 2.75) is 25.6 Å². The van der Waals surface area contributed by atoms with Gasteiger partial charge in [-0.15, -0.1) is 0 Å². The van der Waals surface area contributed by atoms with Crippen LogP contribution in [0.5, 0.6) is 5.75 Å². The van der Waals surface area contributed by atoms with Gasteiger partial charge in [0.25, 0.3) is 0 Å². The van der Waals surface area contributed by atoms with E-state index in [0.717, 1.165) is 5.56 Å². The topological polar surface area (TPSA) is 35.2 Å². The minimum atomic E-state index is -4.38. The molecule has 0 aliphatic carbocycles. The molecule has 0 bridgehead atoms. The Balaban J connectivity index is 2.72. The van der Waals surface area contributed by atoms with Gasteiger partial charge in [-0.05, 0) is 25.6 Å². The minimum absolute atomic E-state index is 0.0595. The molecule has 1 aromatic carbocycles. The van der Waals surface area contributed by atoms with E-state index in [9.17, 15) is 13.2 Å². The Bertz CT molecular complexity index is 321. The molecule has 1 aromatic rings. The van der Waals surface area contributed by atoms with Crippen molar-refractivity contribution >= 4 is 0 Å². The second-order valence-corrected chi connectivity index (χ2v) is 3.54. The van der Waals surface area contributed by atoms with Gasteiger partial charge >= 0.3 is 6.18 Å². The molecule has 90 valence electrons. The number of aryl methyl sites for hydroxylation is 1. The van der Waals surface area contributed by atoms with Gasteiger partial charge in [0.1, 0.15) is 5.75 Å². The van der Waals surface area contributed by atoms with Gasteiger partial charge in [-0.2, -0.15) is 13.2 Å². The quantitative estimate of drug-likeness (QED) is 0.867. The van der Waals surface area contributed by atoms with Crippen molar-refractivity contribution in [3.05, 3.63) is 29.8 Å². The highest BCUT2D eigenvalue weighted by atomic mass is 19.4. The third-order valence-electron chi connectivity index (χ3n) is 2.09. The normalized spacial score (nSPS) is 13.6. The summed E-state index contributed by atoms with van der Waals surface area (Å²) >= 11 is 0. The lowest BCUT2D eigenvalue weighted by Crippen LogP contribution is -2.36. The van der Waals surface area contributed by atoms with Crippen LogP contribution in [0.15, 0.2) is 24.3 Å². The van der Waals surface area contributed by atoms with Gasteiger partial charge in [-0.25, -0.2) is 0 Å². The van der Waals surface area contributed by atoms with Gasteiger partial charge in [0.15, 0.2) is 6.10 Å². The minimum Gasteiger partial charge on any atom is -0.481 e. The molecule has 0 saturated carbocycles. The molecule has 1 atom stereocenters. The molecule has 0 heterocycles. The molecule has 0 aliphatic heterocycles. The van der Waals surface area contributed by atoms with Crippen LogP contribution in [0.4, 0.5) is 13.2 Å². The Hall–Kier alpha value is -1.23. The maximum atomic E-state index is 12.5. The largest absolute Gasteiger partial charge is 0.481 e. The summed E-state index contributed by atoms with van der Waals surface area (Å²) in [6.45, 7) is 1.79. The van der Waals surface area contributed by atoms with E-state index in [1.165, 1.54) is 12.1 Å². The van der Waals surface area contributed by atoms with E-state index in [0.29, 0.717) is 0 Å². The molecule has 16 heavy (non-hydrogen) atoms. The van der Waals surface area contributed by atoms with Crippen molar-refractivity contribution in [2.24, 2.45) is 5.73 Å². The fraction of sp³-hybridized carbons (Fsp3) is 0.455. The van der Waals surface area contributed by atoms with Crippen LogP contribution in [0.2, 0.25) is 0 Å². The third-order valence-corrected chi connectivity index (χ3v) is 2.09. The second kappa shape index (κ2) is 5.21.